The highest BCUT2D eigenvalue weighted by Crippen LogP contribution is 2.30. The summed E-state index contributed by atoms with van der Waals surface area (Å²) in [6.07, 6.45) is 1.87. The maximum absolute atomic E-state index is 12.5. The van der Waals surface area contributed by atoms with E-state index in [1.54, 1.807) is 24.3 Å². The summed E-state index contributed by atoms with van der Waals surface area (Å²) in [4.78, 5) is 36.2. The molecule has 3 N–H and O–H groups in total. The fourth-order valence-corrected chi connectivity index (χ4v) is 2.66. The Morgan fingerprint density at radius 1 is 0.964 bits per heavy atom. The predicted octanol–water partition coefficient (Wildman–Crippen LogP) is 3.56. The smallest absolute Gasteiger partial charge is 0.251 e. The van der Waals surface area contributed by atoms with Gasteiger partial charge in [0.1, 0.15) is 0 Å². The van der Waals surface area contributed by atoms with Crippen LogP contribution in [0.2, 0.25) is 0 Å². The fraction of sp³-hybridized carbons (Fsp3) is 0.318. The third kappa shape index (κ3) is 5.42. The van der Waals surface area contributed by atoms with Crippen LogP contribution in [0.5, 0.6) is 0 Å². The van der Waals surface area contributed by atoms with Crippen molar-refractivity contribution in [3.8, 4) is 0 Å². The molecule has 0 bridgehead atoms. The molecule has 0 atom stereocenters. The summed E-state index contributed by atoms with van der Waals surface area (Å²) in [5.41, 5.74) is 2.70. The maximum atomic E-state index is 12.5. The third-order valence-corrected chi connectivity index (χ3v) is 4.51. The van der Waals surface area contributed by atoms with Gasteiger partial charge in [0.25, 0.3) is 5.91 Å². The summed E-state index contributed by atoms with van der Waals surface area (Å²) < 4.78 is 0. The number of hydrogen-bond donors (Lipinski definition) is 3. The van der Waals surface area contributed by atoms with E-state index in [9.17, 15) is 14.4 Å². The summed E-state index contributed by atoms with van der Waals surface area (Å²) in [5, 5.41) is 8.57. The first-order valence-electron chi connectivity index (χ1n) is 9.51. The summed E-state index contributed by atoms with van der Waals surface area (Å²) >= 11 is 0. The molecule has 0 radical (unpaired) electrons. The lowest BCUT2D eigenvalue weighted by atomic mass is 10.1. The minimum absolute atomic E-state index is 0.0119. The number of carbonyl (C=O) groups is 3. The molecule has 1 fully saturated rings. The van der Waals surface area contributed by atoms with E-state index in [-0.39, 0.29) is 29.6 Å². The molecule has 3 amide bonds. The Kier molecular flexibility index (Phi) is 6.09. The van der Waals surface area contributed by atoms with Gasteiger partial charge in [-0.05, 0) is 48.7 Å². The number of hydrogen-bond acceptors (Lipinski definition) is 3. The van der Waals surface area contributed by atoms with Crippen LogP contribution in [0.15, 0.2) is 48.5 Å². The Bertz CT molecular complexity index is 888. The summed E-state index contributed by atoms with van der Waals surface area (Å²) in [6.45, 7) is 4.00. The van der Waals surface area contributed by atoms with Crippen LogP contribution >= 0.6 is 0 Å². The van der Waals surface area contributed by atoms with Crippen LogP contribution in [0.25, 0.3) is 0 Å². The Morgan fingerprint density at radius 3 is 2.32 bits per heavy atom. The first-order valence-corrected chi connectivity index (χ1v) is 9.51. The molecular weight excluding hydrogens is 354 g/mol. The van der Waals surface area contributed by atoms with Gasteiger partial charge in [0.15, 0.2) is 0 Å². The molecule has 28 heavy (non-hydrogen) atoms. The van der Waals surface area contributed by atoms with Gasteiger partial charge in [-0.25, -0.2) is 0 Å². The van der Waals surface area contributed by atoms with E-state index in [1.807, 2.05) is 38.1 Å². The van der Waals surface area contributed by atoms with Gasteiger partial charge in [0.05, 0.1) is 0 Å². The van der Waals surface area contributed by atoms with Crippen molar-refractivity contribution in [2.45, 2.75) is 33.2 Å². The number of nitrogens with one attached hydrogen (secondary N) is 3. The predicted molar refractivity (Wildman–Crippen MR) is 109 cm³/mol. The van der Waals surface area contributed by atoms with Crippen molar-refractivity contribution < 1.29 is 14.4 Å². The zero-order valence-corrected chi connectivity index (χ0v) is 16.1. The van der Waals surface area contributed by atoms with Crippen LogP contribution in [0, 0.1) is 11.8 Å². The van der Waals surface area contributed by atoms with Crippen LogP contribution in [0.4, 0.5) is 11.4 Å². The summed E-state index contributed by atoms with van der Waals surface area (Å²) in [7, 11) is 0. The third-order valence-electron chi connectivity index (χ3n) is 4.51. The molecule has 3 rings (SSSR count). The molecule has 0 aliphatic heterocycles. The van der Waals surface area contributed by atoms with E-state index in [4.69, 9.17) is 0 Å². The standard InChI is InChI=1S/C22H25N3O3/c1-14(2)20(26)24-18-7-3-5-15(11-18)13-23-21(27)17-6-4-8-19(12-17)25-22(28)16-9-10-16/h3-8,11-12,14,16H,9-10,13H2,1-2H3,(H,23,27)(H,24,26)(H,25,28). The fourth-order valence-electron chi connectivity index (χ4n) is 2.66. The van der Waals surface area contributed by atoms with E-state index >= 15 is 0 Å². The molecule has 0 unspecified atom stereocenters. The van der Waals surface area contributed by atoms with E-state index in [0.717, 1.165) is 18.4 Å². The van der Waals surface area contributed by atoms with Gasteiger partial charge in [-0.15, -0.1) is 0 Å². The van der Waals surface area contributed by atoms with Crippen LogP contribution < -0.4 is 16.0 Å². The maximum Gasteiger partial charge on any atom is 0.251 e. The van der Waals surface area contributed by atoms with E-state index in [0.29, 0.717) is 23.5 Å². The zero-order valence-electron chi connectivity index (χ0n) is 16.1. The van der Waals surface area contributed by atoms with Crippen LogP contribution in [-0.4, -0.2) is 17.7 Å². The van der Waals surface area contributed by atoms with Crippen LogP contribution in [0.1, 0.15) is 42.6 Å². The zero-order chi connectivity index (χ0) is 20.1. The first-order chi connectivity index (χ1) is 13.4. The van der Waals surface area contributed by atoms with Gasteiger partial charge >= 0.3 is 0 Å². The van der Waals surface area contributed by atoms with E-state index in [2.05, 4.69) is 16.0 Å². The van der Waals surface area contributed by atoms with E-state index in [1.165, 1.54) is 0 Å². The molecule has 6 heteroatoms. The van der Waals surface area contributed by atoms with Gasteiger partial charge in [-0.2, -0.15) is 0 Å². The molecule has 146 valence electrons. The average Bonchev–Trinajstić information content (AvgIpc) is 3.52. The molecule has 1 aliphatic carbocycles. The molecule has 0 spiro atoms. The summed E-state index contributed by atoms with van der Waals surface area (Å²) in [6, 6.07) is 14.3. The second-order valence-electron chi connectivity index (χ2n) is 7.37. The Balaban J connectivity index is 1.58. The normalized spacial score (nSPS) is 13.1. The van der Waals surface area contributed by atoms with Crippen molar-refractivity contribution in [3.05, 3.63) is 59.7 Å². The van der Waals surface area contributed by atoms with Crippen molar-refractivity contribution in [1.29, 1.82) is 0 Å². The van der Waals surface area contributed by atoms with Crippen LogP contribution in [-0.2, 0) is 16.1 Å². The number of amides is 3. The highest BCUT2D eigenvalue weighted by Gasteiger charge is 2.29. The molecule has 0 heterocycles. The highest BCUT2D eigenvalue weighted by atomic mass is 16.2. The molecular formula is C22H25N3O3. The topological polar surface area (TPSA) is 87.3 Å². The largest absolute Gasteiger partial charge is 0.348 e. The van der Waals surface area contributed by atoms with Crippen molar-refractivity contribution in [2.24, 2.45) is 11.8 Å². The van der Waals surface area contributed by atoms with Gasteiger partial charge in [-0.3, -0.25) is 14.4 Å². The number of rotatable bonds is 7. The molecule has 0 saturated heterocycles. The Labute approximate surface area is 164 Å². The Morgan fingerprint density at radius 2 is 1.64 bits per heavy atom. The second-order valence-corrected chi connectivity index (χ2v) is 7.37. The average molecular weight is 379 g/mol. The summed E-state index contributed by atoms with van der Waals surface area (Å²) in [5.74, 6) is -0.250. The minimum atomic E-state index is -0.223. The van der Waals surface area contributed by atoms with Crippen molar-refractivity contribution in [3.63, 3.8) is 0 Å². The highest BCUT2D eigenvalue weighted by molar-refractivity contribution is 5.98. The second kappa shape index (κ2) is 8.69. The quantitative estimate of drug-likeness (QED) is 0.687. The number of carbonyl (C=O) groups excluding carboxylic acids is 3. The van der Waals surface area contributed by atoms with Crippen molar-refractivity contribution in [1.82, 2.24) is 5.32 Å². The minimum Gasteiger partial charge on any atom is -0.348 e. The SMILES string of the molecule is CC(C)C(=O)Nc1cccc(CNC(=O)c2cccc(NC(=O)C3CC3)c2)c1. The molecule has 1 aliphatic rings. The van der Waals surface area contributed by atoms with Gasteiger partial charge in [0, 0.05) is 35.3 Å². The van der Waals surface area contributed by atoms with Gasteiger partial charge < -0.3 is 16.0 Å². The monoisotopic (exact) mass is 379 g/mol. The van der Waals surface area contributed by atoms with Gasteiger partial charge in [0.2, 0.25) is 11.8 Å². The van der Waals surface area contributed by atoms with Crippen molar-refractivity contribution in [2.75, 3.05) is 10.6 Å². The molecule has 2 aromatic carbocycles. The number of benzene rings is 2. The molecule has 6 nitrogen and oxygen atoms in total. The number of anilines is 2. The molecule has 1 saturated carbocycles. The molecule has 0 aromatic heterocycles. The lowest BCUT2D eigenvalue weighted by molar-refractivity contribution is -0.119. The lowest BCUT2D eigenvalue weighted by Crippen LogP contribution is -2.23. The van der Waals surface area contributed by atoms with Crippen LogP contribution in [0.3, 0.4) is 0 Å². The van der Waals surface area contributed by atoms with E-state index < -0.39 is 0 Å². The van der Waals surface area contributed by atoms with Crippen molar-refractivity contribution >= 4 is 29.1 Å². The van der Waals surface area contributed by atoms with Gasteiger partial charge in [-0.1, -0.05) is 32.0 Å². The first kappa shape index (κ1) is 19.6. The molecule has 2 aromatic rings. The lowest BCUT2D eigenvalue weighted by Gasteiger charge is -2.11. The Hall–Kier alpha value is -3.15.